The smallest absolute Gasteiger partial charge is 0.251 e. The number of nitrogens with one attached hydrogen (secondary N) is 1. The van der Waals surface area contributed by atoms with E-state index in [0.717, 1.165) is 43.2 Å². The first kappa shape index (κ1) is 23.3. The van der Waals surface area contributed by atoms with Crippen LogP contribution in [0.15, 0.2) is 65.1 Å². The summed E-state index contributed by atoms with van der Waals surface area (Å²) in [6.07, 6.45) is 0. The molecule has 1 atom stereocenters. The third-order valence-electron chi connectivity index (χ3n) is 5.52. The second kappa shape index (κ2) is 9.98. The van der Waals surface area contributed by atoms with Crippen molar-refractivity contribution in [3.63, 3.8) is 0 Å². The number of para-hydroxylation sites is 2. The van der Waals surface area contributed by atoms with Gasteiger partial charge in [0, 0.05) is 15.1 Å². The predicted molar refractivity (Wildman–Crippen MR) is 136 cm³/mol. The van der Waals surface area contributed by atoms with Gasteiger partial charge in [0.2, 0.25) is 0 Å². The van der Waals surface area contributed by atoms with E-state index in [1.807, 2.05) is 69.3 Å². The van der Waals surface area contributed by atoms with Crippen LogP contribution in [0.25, 0.3) is 11.0 Å². The van der Waals surface area contributed by atoms with E-state index in [0.29, 0.717) is 18.7 Å². The average Bonchev–Trinajstić information content (AvgIpc) is 3.16. The van der Waals surface area contributed by atoms with Gasteiger partial charge in [-0.05, 0) is 80.4 Å². The van der Waals surface area contributed by atoms with Crippen LogP contribution in [0.4, 0.5) is 0 Å². The number of ether oxygens (including phenoxy) is 1. The number of halogens is 2. The van der Waals surface area contributed by atoms with Crippen molar-refractivity contribution in [1.29, 1.82) is 0 Å². The molecule has 33 heavy (non-hydrogen) atoms. The molecule has 0 fully saturated rings. The van der Waals surface area contributed by atoms with E-state index in [4.69, 9.17) is 21.3 Å². The molecule has 1 aromatic heterocycles. The quantitative estimate of drug-likeness (QED) is 0.294. The first-order valence-electron chi connectivity index (χ1n) is 10.7. The Kier molecular flexibility index (Phi) is 7.05. The maximum Gasteiger partial charge on any atom is 0.251 e. The Morgan fingerprint density at radius 3 is 2.48 bits per heavy atom. The lowest BCUT2D eigenvalue weighted by Gasteiger charge is -2.17. The van der Waals surface area contributed by atoms with E-state index >= 15 is 0 Å². The minimum atomic E-state index is -0.284. The second-order valence-corrected chi connectivity index (χ2v) is 9.33. The van der Waals surface area contributed by atoms with Gasteiger partial charge in [-0.3, -0.25) is 4.79 Å². The molecule has 0 bridgehead atoms. The van der Waals surface area contributed by atoms with Gasteiger partial charge < -0.3 is 14.6 Å². The van der Waals surface area contributed by atoms with E-state index < -0.39 is 0 Å². The van der Waals surface area contributed by atoms with Crippen LogP contribution in [0.2, 0.25) is 5.02 Å². The van der Waals surface area contributed by atoms with Gasteiger partial charge in [0.1, 0.15) is 18.2 Å². The lowest BCUT2D eigenvalue weighted by atomic mass is 10.1. The maximum absolute atomic E-state index is 12.8. The molecule has 1 N–H and O–H groups in total. The van der Waals surface area contributed by atoms with Crippen LogP contribution in [0, 0.1) is 13.8 Å². The molecule has 1 unspecified atom stereocenters. The van der Waals surface area contributed by atoms with Crippen molar-refractivity contribution < 1.29 is 9.53 Å². The van der Waals surface area contributed by atoms with Gasteiger partial charge in [0.25, 0.3) is 5.91 Å². The SMILES string of the molecule is Cc1cc(OCCn2c(C(C)NC(=O)c3ccc(Br)cc3)nc3ccccc32)cc(C)c1Cl. The number of aromatic nitrogens is 2. The molecule has 4 rings (SSSR count). The van der Waals surface area contributed by atoms with Crippen molar-refractivity contribution in [3.05, 3.63) is 92.7 Å². The number of aryl methyl sites for hydroxylation is 2. The second-order valence-electron chi connectivity index (χ2n) is 8.03. The molecule has 170 valence electrons. The summed E-state index contributed by atoms with van der Waals surface area (Å²) in [5, 5.41) is 3.83. The van der Waals surface area contributed by atoms with E-state index in [1.165, 1.54) is 0 Å². The van der Waals surface area contributed by atoms with Crippen molar-refractivity contribution in [2.24, 2.45) is 0 Å². The lowest BCUT2D eigenvalue weighted by Crippen LogP contribution is -2.29. The zero-order chi connectivity index (χ0) is 23.5. The lowest BCUT2D eigenvalue weighted by molar-refractivity contribution is 0.0937. The standard InChI is InChI=1S/C26H25BrClN3O2/c1-16-14-21(15-17(2)24(16)28)33-13-12-31-23-7-5-4-6-22(23)30-25(31)18(3)29-26(32)19-8-10-20(27)11-9-19/h4-11,14-15,18H,12-13H2,1-3H3,(H,29,32). The molecular formula is C26H25BrClN3O2. The summed E-state index contributed by atoms with van der Waals surface area (Å²) in [6.45, 7) is 6.94. The Bertz CT molecular complexity index is 1280. The number of fused-ring (bicyclic) bond motifs is 1. The number of carbonyl (C=O) groups excluding carboxylic acids is 1. The zero-order valence-corrected chi connectivity index (χ0v) is 21.1. The fourth-order valence-electron chi connectivity index (χ4n) is 3.85. The van der Waals surface area contributed by atoms with Gasteiger partial charge >= 0.3 is 0 Å². The highest BCUT2D eigenvalue weighted by Gasteiger charge is 2.19. The summed E-state index contributed by atoms with van der Waals surface area (Å²) >= 11 is 9.67. The first-order chi connectivity index (χ1) is 15.8. The van der Waals surface area contributed by atoms with Gasteiger partial charge in [0.15, 0.2) is 0 Å². The van der Waals surface area contributed by atoms with Crippen LogP contribution in [-0.4, -0.2) is 22.1 Å². The van der Waals surface area contributed by atoms with Gasteiger partial charge in [-0.2, -0.15) is 0 Å². The van der Waals surface area contributed by atoms with Crippen LogP contribution >= 0.6 is 27.5 Å². The summed E-state index contributed by atoms with van der Waals surface area (Å²) in [6, 6.07) is 18.9. The van der Waals surface area contributed by atoms with Gasteiger partial charge in [0.05, 0.1) is 23.6 Å². The molecule has 3 aromatic carbocycles. The van der Waals surface area contributed by atoms with E-state index in [2.05, 4.69) is 25.8 Å². The van der Waals surface area contributed by atoms with Crippen molar-refractivity contribution in [2.45, 2.75) is 33.4 Å². The zero-order valence-electron chi connectivity index (χ0n) is 18.7. The molecule has 0 radical (unpaired) electrons. The Morgan fingerprint density at radius 2 is 1.79 bits per heavy atom. The van der Waals surface area contributed by atoms with Crippen LogP contribution in [-0.2, 0) is 6.54 Å². The molecule has 0 aliphatic carbocycles. The Morgan fingerprint density at radius 1 is 1.12 bits per heavy atom. The maximum atomic E-state index is 12.8. The Labute approximate surface area is 206 Å². The van der Waals surface area contributed by atoms with Crippen molar-refractivity contribution in [1.82, 2.24) is 14.9 Å². The molecule has 5 nitrogen and oxygen atoms in total. The minimum absolute atomic E-state index is 0.142. The van der Waals surface area contributed by atoms with Crippen LogP contribution < -0.4 is 10.1 Å². The third-order valence-corrected chi connectivity index (χ3v) is 6.64. The predicted octanol–water partition coefficient (Wildman–Crippen LogP) is 6.64. The number of hydrogen-bond acceptors (Lipinski definition) is 3. The molecule has 0 aliphatic rings. The topological polar surface area (TPSA) is 56.1 Å². The number of imidazole rings is 1. The normalized spacial score (nSPS) is 12.0. The highest BCUT2D eigenvalue weighted by molar-refractivity contribution is 9.10. The first-order valence-corrected chi connectivity index (χ1v) is 11.9. The van der Waals surface area contributed by atoms with Crippen LogP contribution in [0.3, 0.4) is 0 Å². The number of nitrogens with zero attached hydrogens (tertiary/aromatic N) is 2. The minimum Gasteiger partial charge on any atom is -0.492 e. The van der Waals surface area contributed by atoms with Crippen molar-refractivity contribution in [2.75, 3.05) is 6.61 Å². The fraction of sp³-hybridized carbons (Fsp3) is 0.231. The summed E-state index contributed by atoms with van der Waals surface area (Å²) in [5.74, 6) is 1.43. The van der Waals surface area contributed by atoms with E-state index in [9.17, 15) is 4.79 Å². The van der Waals surface area contributed by atoms with Crippen LogP contribution in [0.1, 0.15) is 40.3 Å². The van der Waals surface area contributed by atoms with Crippen molar-refractivity contribution >= 4 is 44.5 Å². The molecule has 0 saturated carbocycles. The molecular weight excluding hydrogens is 502 g/mol. The highest BCUT2D eigenvalue weighted by atomic mass is 79.9. The van der Waals surface area contributed by atoms with E-state index in [-0.39, 0.29) is 11.9 Å². The number of amides is 1. The molecule has 0 saturated heterocycles. The molecule has 0 aliphatic heterocycles. The van der Waals surface area contributed by atoms with Gasteiger partial charge in [-0.1, -0.05) is 39.7 Å². The molecule has 7 heteroatoms. The number of carbonyl (C=O) groups is 1. The Balaban J connectivity index is 1.54. The van der Waals surface area contributed by atoms with E-state index in [1.54, 1.807) is 12.1 Å². The summed E-state index contributed by atoms with van der Waals surface area (Å²) in [4.78, 5) is 17.6. The molecule has 1 heterocycles. The number of hydrogen-bond donors (Lipinski definition) is 1. The number of benzene rings is 3. The van der Waals surface area contributed by atoms with Gasteiger partial charge in [-0.25, -0.2) is 4.98 Å². The third kappa shape index (κ3) is 5.23. The summed E-state index contributed by atoms with van der Waals surface area (Å²) in [7, 11) is 0. The monoisotopic (exact) mass is 525 g/mol. The summed E-state index contributed by atoms with van der Waals surface area (Å²) in [5.41, 5.74) is 4.47. The summed E-state index contributed by atoms with van der Waals surface area (Å²) < 4.78 is 9.08. The van der Waals surface area contributed by atoms with Crippen molar-refractivity contribution in [3.8, 4) is 5.75 Å². The molecule has 0 spiro atoms. The highest BCUT2D eigenvalue weighted by Crippen LogP contribution is 2.26. The fourth-order valence-corrected chi connectivity index (χ4v) is 4.22. The molecule has 1 amide bonds. The van der Waals surface area contributed by atoms with Gasteiger partial charge in [-0.15, -0.1) is 0 Å². The van der Waals surface area contributed by atoms with Crippen LogP contribution in [0.5, 0.6) is 5.75 Å². The number of rotatable bonds is 7. The Hall–Kier alpha value is -2.83. The average molecular weight is 527 g/mol. The largest absolute Gasteiger partial charge is 0.492 e. The molecule has 4 aromatic rings.